The molecule has 1 aromatic heterocycles. The number of amidine groups is 1. The van der Waals surface area contributed by atoms with E-state index in [2.05, 4.69) is 4.40 Å². The van der Waals surface area contributed by atoms with E-state index in [9.17, 15) is 13.2 Å². The van der Waals surface area contributed by atoms with Gasteiger partial charge in [0.05, 0.1) is 21.6 Å². The van der Waals surface area contributed by atoms with E-state index in [1.54, 1.807) is 42.5 Å². The molecular formula is C26H21ClN4O3S2. The number of hydrogen-bond acceptors (Lipinski definition) is 6. The lowest BCUT2D eigenvalue weighted by molar-refractivity contribution is 0.348. The topological polar surface area (TPSA) is 84.6 Å². The van der Waals surface area contributed by atoms with E-state index in [1.807, 2.05) is 23.1 Å². The first-order chi connectivity index (χ1) is 17.4. The molecule has 0 unspecified atom stereocenters. The van der Waals surface area contributed by atoms with Crippen molar-refractivity contribution < 1.29 is 8.42 Å². The standard InChI is InChI=1S/C26H21ClN4O3S2/c27-20-16-22-23(36(33,34)29-26(35-22)30-13-7-2-8-14-30)15-19(20)24-28-21-12-6-5-11-18(21)25(32)31(24)17-9-3-1-4-10-17/h1,3-6,9-12,15-16H,2,7-8,13-14H2. The third kappa shape index (κ3) is 4.01. The van der Waals surface area contributed by atoms with Crippen molar-refractivity contribution in [2.75, 3.05) is 13.1 Å². The van der Waals surface area contributed by atoms with Crippen molar-refractivity contribution in [3.8, 4) is 17.1 Å². The van der Waals surface area contributed by atoms with E-state index in [0.29, 0.717) is 37.2 Å². The zero-order valence-electron chi connectivity index (χ0n) is 19.1. The molecule has 0 N–H and O–H groups in total. The molecule has 2 aliphatic rings. The molecule has 36 heavy (non-hydrogen) atoms. The summed E-state index contributed by atoms with van der Waals surface area (Å²) in [4.78, 5) is 21.0. The van der Waals surface area contributed by atoms with Crippen LogP contribution in [0.15, 0.2) is 85.7 Å². The number of likely N-dealkylation sites (tertiary alicyclic amines) is 1. The van der Waals surface area contributed by atoms with E-state index < -0.39 is 10.0 Å². The molecule has 6 rings (SSSR count). The SMILES string of the molecule is O=c1c2ccccc2nc(-c2cc3c(cc2Cl)SC(N2CCCCC2)=NS3(=O)=O)n1-c1ccccc1. The Bertz CT molecular complexity index is 1700. The first-order valence-corrected chi connectivity index (χ1v) is 14.2. The van der Waals surface area contributed by atoms with E-state index in [-0.39, 0.29) is 16.3 Å². The molecule has 7 nitrogen and oxygen atoms in total. The highest BCUT2D eigenvalue weighted by molar-refractivity contribution is 8.15. The second-order valence-electron chi connectivity index (χ2n) is 8.71. The minimum absolute atomic E-state index is 0.0645. The number of para-hydroxylation sites is 2. The molecule has 1 fully saturated rings. The highest BCUT2D eigenvalue weighted by Crippen LogP contribution is 2.41. The predicted molar refractivity (Wildman–Crippen MR) is 144 cm³/mol. The molecule has 0 spiro atoms. The number of benzene rings is 3. The first kappa shape index (κ1) is 23.3. The minimum atomic E-state index is -3.97. The highest BCUT2D eigenvalue weighted by Gasteiger charge is 2.31. The van der Waals surface area contributed by atoms with Gasteiger partial charge in [0.25, 0.3) is 15.6 Å². The van der Waals surface area contributed by atoms with Gasteiger partial charge in [0.2, 0.25) is 0 Å². The summed E-state index contributed by atoms with van der Waals surface area (Å²) in [5.74, 6) is 0.267. The summed E-state index contributed by atoms with van der Waals surface area (Å²) in [6.07, 6.45) is 3.16. The van der Waals surface area contributed by atoms with Crippen LogP contribution in [0.3, 0.4) is 0 Å². The molecular weight excluding hydrogens is 516 g/mol. The maximum Gasteiger partial charge on any atom is 0.285 e. The summed E-state index contributed by atoms with van der Waals surface area (Å²) in [6.45, 7) is 1.57. The summed E-state index contributed by atoms with van der Waals surface area (Å²) in [6, 6.07) is 19.3. The number of nitrogens with zero attached hydrogens (tertiary/aromatic N) is 4. The average Bonchev–Trinajstić information content (AvgIpc) is 2.89. The molecule has 4 aromatic rings. The number of piperidine rings is 1. The third-order valence-electron chi connectivity index (χ3n) is 6.37. The van der Waals surface area contributed by atoms with Gasteiger partial charge in [-0.1, -0.05) is 41.9 Å². The quantitative estimate of drug-likeness (QED) is 0.344. The number of sulfonamides is 1. The summed E-state index contributed by atoms with van der Waals surface area (Å²) in [7, 11) is -3.97. The van der Waals surface area contributed by atoms with Gasteiger partial charge in [-0.05, 0) is 67.4 Å². The highest BCUT2D eigenvalue weighted by atomic mass is 35.5. The Morgan fingerprint density at radius 3 is 2.42 bits per heavy atom. The van der Waals surface area contributed by atoms with Gasteiger partial charge < -0.3 is 4.90 Å². The van der Waals surface area contributed by atoms with E-state index in [0.717, 1.165) is 32.4 Å². The molecule has 0 bridgehead atoms. The number of rotatable bonds is 2. The third-order valence-corrected chi connectivity index (χ3v) is 9.32. The molecule has 10 heteroatoms. The van der Waals surface area contributed by atoms with E-state index in [4.69, 9.17) is 16.6 Å². The smallest absolute Gasteiger partial charge is 0.285 e. The van der Waals surface area contributed by atoms with Gasteiger partial charge in [0.15, 0.2) is 5.17 Å². The van der Waals surface area contributed by atoms with Gasteiger partial charge in [-0.2, -0.15) is 8.42 Å². The molecule has 0 atom stereocenters. The molecule has 0 saturated carbocycles. The number of halogens is 1. The van der Waals surface area contributed by atoms with Gasteiger partial charge in [-0.3, -0.25) is 9.36 Å². The normalized spacial score (nSPS) is 17.0. The fourth-order valence-corrected chi connectivity index (χ4v) is 7.64. The van der Waals surface area contributed by atoms with Gasteiger partial charge in [0.1, 0.15) is 10.7 Å². The van der Waals surface area contributed by atoms with Crippen LogP contribution in [0.4, 0.5) is 0 Å². The minimum Gasteiger partial charge on any atom is -0.350 e. The lowest BCUT2D eigenvalue weighted by Gasteiger charge is -2.31. The van der Waals surface area contributed by atoms with Gasteiger partial charge >= 0.3 is 0 Å². The molecule has 3 heterocycles. The Balaban J connectivity index is 1.56. The Morgan fingerprint density at radius 1 is 0.917 bits per heavy atom. The fraction of sp³-hybridized carbons (Fsp3) is 0.192. The van der Waals surface area contributed by atoms with E-state index in [1.165, 1.54) is 22.4 Å². The Labute approximate surface area is 217 Å². The second-order valence-corrected chi connectivity index (χ2v) is 11.7. The Kier molecular flexibility index (Phi) is 5.86. The number of hydrogen-bond donors (Lipinski definition) is 0. The summed E-state index contributed by atoms with van der Waals surface area (Å²) < 4.78 is 32.2. The first-order valence-electron chi connectivity index (χ1n) is 11.6. The van der Waals surface area contributed by atoms with Crippen LogP contribution in [0.5, 0.6) is 0 Å². The fourth-order valence-electron chi connectivity index (χ4n) is 4.59. The predicted octanol–water partition coefficient (Wildman–Crippen LogP) is 5.34. The average molecular weight is 537 g/mol. The largest absolute Gasteiger partial charge is 0.350 e. The van der Waals surface area contributed by atoms with Crippen molar-refractivity contribution in [2.45, 2.75) is 29.1 Å². The van der Waals surface area contributed by atoms with E-state index >= 15 is 0 Å². The van der Waals surface area contributed by atoms with Gasteiger partial charge in [0, 0.05) is 23.5 Å². The van der Waals surface area contributed by atoms with Crippen LogP contribution >= 0.6 is 23.4 Å². The summed E-state index contributed by atoms with van der Waals surface area (Å²) in [5, 5.41) is 1.25. The van der Waals surface area contributed by atoms with Crippen LogP contribution in [-0.2, 0) is 10.0 Å². The lowest BCUT2D eigenvalue weighted by Crippen LogP contribution is -2.35. The number of aromatic nitrogens is 2. The summed E-state index contributed by atoms with van der Waals surface area (Å²) in [5.41, 5.74) is 1.19. The molecule has 3 aromatic carbocycles. The lowest BCUT2D eigenvalue weighted by atomic mass is 10.1. The molecule has 182 valence electrons. The van der Waals surface area contributed by atoms with Gasteiger partial charge in [-0.15, -0.1) is 4.40 Å². The Morgan fingerprint density at radius 2 is 1.64 bits per heavy atom. The van der Waals surface area contributed by atoms with Crippen LogP contribution in [0.1, 0.15) is 19.3 Å². The molecule has 1 saturated heterocycles. The van der Waals surface area contributed by atoms with Crippen molar-refractivity contribution in [2.24, 2.45) is 4.40 Å². The zero-order valence-corrected chi connectivity index (χ0v) is 21.5. The molecule has 0 amide bonds. The second kappa shape index (κ2) is 9.06. The zero-order chi connectivity index (χ0) is 24.9. The Hall–Kier alpha value is -3.14. The van der Waals surface area contributed by atoms with Crippen molar-refractivity contribution in [1.82, 2.24) is 14.5 Å². The van der Waals surface area contributed by atoms with Crippen LogP contribution in [0.25, 0.3) is 28.0 Å². The van der Waals surface area contributed by atoms with Crippen LogP contribution < -0.4 is 5.56 Å². The van der Waals surface area contributed by atoms with Crippen molar-refractivity contribution in [3.05, 3.63) is 82.1 Å². The number of fused-ring (bicyclic) bond motifs is 2. The van der Waals surface area contributed by atoms with Crippen molar-refractivity contribution >= 4 is 49.5 Å². The van der Waals surface area contributed by atoms with Gasteiger partial charge in [-0.25, -0.2) is 4.98 Å². The van der Waals surface area contributed by atoms with Crippen molar-refractivity contribution in [3.63, 3.8) is 0 Å². The van der Waals surface area contributed by atoms with Crippen LogP contribution in [0, 0.1) is 0 Å². The van der Waals surface area contributed by atoms with Crippen molar-refractivity contribution in [1.29, 1.82) is 0 Å². The maximum absolute atomic E-state index is 13.6. The van der Waals surface area contributed by atoms with Crippen LogP contribution in [-0.4, -0.2) is 41.1 Å². The monoisotopic (exact) mass is 536 g/mol. The van der Waals surface area contributed by atoms with Crippen LogP contribution in [0.2, 0.25) is 5.02 Å². The number of thioether (sulfide) groups is 1. The molecule has 0 radical (unpaired) electrons. The maximum atomic E-state index is 13.6. The molecule has 0 aliphatic carbocycles. The summed E-state index contributed by atoms with van der Waals surface area (Å²) >= 11 is 8.08. The molecule has 2 aliphatic heterocycles.